The van der Waals surface area contributed by atoms with E-state index < -0.39 is 0 Å². The molecular formula is C15H27N3. The number of H-pyrrole nitrogens is 1. The fourth-order valence-electron chi connectivity index (χ4n) is 3.27. The molecule has 1 aliphatic rings. The third-order valence-corrected chi connectivity index (χ3v) is 4.09. The zero-order chi connectivity index (χ0) is 13.0. The summed E-state index contributed by atoms with van der Waals surface area (Å²) < 4.78 is 0. The van der Waals surface area contributed by atoms with Crippen LogP contribution >= 0.6 is 0 Å². The maximum atomic E-state index is 4.03. The quantitative estimate of drug-likeness (QED) is 0.836. The summed E-state index contributed by atoms with van der Waals surface area (Å²) in [5.74, 6) is 1.76. The first kappa shape index (κ1) is 13.6. The van der Waals surface area contributed by atoms with E-state index in [2.05, 4.69) is 36.3 Å². The molecule has 0 saturated heterocycles. The summed E-state index contributed by atoms with van der Waals surface area (Å²) in [6.07, 6.45) is 10.8. The average Bonchev–Trinajstić information content (AvgIpc) is 2.81. The zero-order valence-electron chi connectivity index (χ0n) is 11.9. The normalized spacial score (nSPS) is 26.4. The lowest BCUT2D eigenvalue weighted by atomic mass is 9.81. The van der Waals surface area contributed by atoms with Gasteiger partial charge in [-0.2, -0.15) is 5.10 Å². The maximum absolute atomic E-state index is 4.03. The molecule has 3 atom stereocenters. The van der Waals surface area contributed by atoms with Gasteiger partial charge in [0, 0.05) is 23.8 Å². The molecule has 18 heavy (non-hydrogen) atoms. The third kappa shape index (κ3) is 3.84. The summed E-state index contributed by atoms with van der Waals surface area (Å²) >= 11 is 0. The van der Waals surface area contributed by atoms with Crippen LogP contribution in [-0.4, -0.2) is 16.2 Å². The lowest BCUT2D eigenvalue weighted by Crippen LogP contribution is -2.36. The molecule has 1 aromatic heterocycles. The van der Waals surface area contributed by atoms with Gasteiger partial charge in [0.1, 0.15) is 0 Å². The monoisotopic (exact) mass is 249 g/mol. The van der Waals surface area contributed by atoms with Gasteiger partial charge in [-0.05, 0) is 38.0 Å². The van der Waals surface area contributed by atoms with Crippen molar-refractivity contribution in [3.8, 4) is 0 Å². The Hall–Kier alpha value is -0.830. The van der Waals surface area contributed by atoms with Crippen molar-refractivity contribution in [1.82, 2.24) is 15.5 Å². The summed E-state index contributed by atoms with van der Waals surface area (Å²) in [6, 6.07) is 1.10. The Kier molecular flexibility index (Phi) is 4.81. The molecule has 3 nitrogen and oxygen atoms in total. The van der Waals surface area contributed by atoms with E-state index in [0.29, 0.717) is 12.1 Å². The number of hydrogen-bond acceptors (Lipinski definition) is 2. The molecule has 0 amide bonds. The summed E-state index contributed by atoms with van der Waals surface area (Å²) in [5, 5.41) is 10.7. The number of aromatic nitrogens is 2. The van der Waals surface area contributed by atoms with E-state index in [-0.39, 0.29) is 0 Å². The maximum Gasteiger partial charge on any atom is 0.0534 e. The van der Waals surface area contributed by atoms with Crippen LogP contribution in [0.5, 0.6) is 0 Å². The Bertz CT molecular complexity index is 332. The number of hydrogen-bond donors (Lipinski definition) is 2. The number of nitrogens with zero attached hydrogens (tertiary/aromatic N) is 1. The molecule has 2 rings (SSSR count). The van der Waals surface area contributed by atoms with Gasteiger partial charge in [0.25, 0.3) is 0 Å². The molecule has 1 aliphatic carbocycles. The molecule has 2 N–H and O–H groups in total. The highest BCUT2D eigenvalue weighted by Crippen LogP contribution is 2.30. The molecular weight excluding hydrogens is 222 g/mol. The van der Waals surface area contributed by atoms with E-state index in [1.807, 2.05) is 12.4 Å². The van der Waals surface area contributed by atoms with E-state index in [1.54, 1.807) is 0 Å². The van der Waals surface area contributed by atoms with Crippen LogP contribution in [-0.2, 0) is 0 Å². The molecule has 0 spiro atoms. The van der Waals surface area contributed by atoms with Crippen LogP contribution in [0.3, 0.4) is 0 Å². The molecule has 102 valence electrons. The third-order valence-electron chi connectivity index (χ3n) is 4.09. The van der Waals surface area contributed by atoms with Crippen molar-refractivity contribution in [3.63, 3.8) is 0 Å². The van der Waals surface area contributed by atoms with E-state index in [9.17, 15) is 0 Å². The molecule has 3 unspecified atom stereocenters. The second-order valence-electron chi connectivity index (χ2n) is 6.28. The molecule has 1 saturated carbocycles. The first-order valence-electron chi connectivity index (χ1n) is 7.40. The Morgan fingerprint density at radius 2 is 2.22 bits per heavy atom. The Morgan fingerprint density at radius 3 is 2.89 bits per heavy atom. The smallest absolute Gasteiger partial charge is 0.0534 e. The van der Waals surface area contributed by atoms with Gasteiger partial charge in [-0.25, -0.2) is 0 Å². The first-order chi connectivity index (χ1) is 8.65. The highest BCUT2D eigenvalue weighted by molar-refractivity contribution is 5.08. The van der Waals surface area contributed by atoms with Gasteiger partial charge in [0.2, 0.25) is 0 Å². The molecule has 0 radical (unpaired) electrons. The minimum Gasteiger partial charge on any atom is -0.307 e. The minimum absolute atomic E-state index is 0.409. The van der Waals surface area contributed by atoms with Crippen molar-refractivity contribution in [2.75, 3.05) is 0 Å². The Balaban J connectivity index is 1.82. The highest BCUT2D eigenvalue weighted by atomic mass is 15.1. The zero-order valence-corrected chi connectivity index (χ0v) is 11.9. The van der Waals surface area contributed by atoms with Crippen LogP contribution in [0.25, 0.3) is 0 Å². The van der Waals surface area contributed by atoms with Crippen LogP contribution in [0.1, 0.15) is 64.5 Å². The summed E-state index contributed by atoms with van der Waals surface area (Å²) in [7, 11) is 0. The molecule has 0 aliphatic heterocycles. The van der Waals surface area contributed by atoms with Crippen LogP contribution in [0.15, 0.2) is 12.4 Å². The largest absolute Gasteiger partial charge is 0.307 e. The predicted molar refractivity (Wildman–Crippen MR) is 75.3 cm³/mol. The Morgan fingerprint density at radius 1 is 1.39 bits per heavy atom. The van der Waals surface area contributed by atoms with Crippen molar-refractivity contribution >= 4 is 0 Å². The summed E-state index contributed by atoms with van der Waals surface area (Å²) in [6.45, 7) is 6.91. The van der Waals surface area contributed by atoms with Crippen molar-refractivity contribution in [3.05, 3.63) is 18.0 Å². The van der Waals surface area contributed by atoms with Crippen molar-refractivity contribution in [2.24, 2.45) is 11.8 Å². The first-order valence-corrected chi connectivity index (χ1v) is 7.40. The van der Waals surface area contributed by atoms with E-state index in [1.165, 1.54) is 37.7 Å². The standard InChI is InChI=1S/C15H27N3/c1-11(2)7-13-5-4-6-15(8-13)18-12(3)14-9-16-17-10-14/h9-13,15,18H,4-8H2,1-3H3,(H,16,17). The predicted octanol–water partition coefficient (Wildman–Crippen LogP) is 3.67. The van der Waals surface area contributed by atoms with E-state index >= 15 is 0 Å². The molecule has 1 aromatic rings. The van der Waals surface area contributed by atoms with Gasteiger partial charge in [-0.15, -0.1) is 0 Å². The summed E-state index contributed by atoms with van der Waals surface area (Å²) in [4.78, 5) is 0. The highest BCUT2D eigenvalue weighted by Gasteiger charge is 2.23. The number of rotatable bonds is 5. The fraction of sp³-hybridized carbons (Fsp3) is 0.800. The minimum atomic E-state index is 0.409. The molecule has 0 bridgehead atoms. The Labute approximate surface area is 111 Å². The lowest BCUT2D eigenvalue weighted by molar-refractivity contribution is 0.242. The lowest BCUT2D eigenvalue weighted by Gasteiger charge is -2.32. The molecule has 1 fully saturated rings. The van der Waals surface area contributed by atoms with Crippen molar-refractivity contribution in [2.45, 2.75) is 65.0 Å². The molecule has 1 heterocycles. The van der Waals surface area contributed by atoms with Crippen LogP contribution < -0.4 is 5.32 Å². The average molecular weight is 249 g/mol. The van der Waals surface area contributed by atoms with E-state index in [0.717, 1.165) is 11.8 Å². The van der Waals surface area contributed by atoms with Crippen molar-refractivity contribution in [1.29, 1.82) is 0 Å². The molecule has 3 heteroatoms. The van der Waals surface area contributed by atoms with Gasteiger partial charge in [0.15, 0.2) is 0 Å². The van der Waals surface area contributed by atoms with Crippen LogP contribution in [0.4, 0.5) is 0 Å². The molecule has 0 aromatic carbocycles. The van der Waals surface area contributed by atoms with Crippen LogP contribution in [0.2, 0.25) is 0 Å². The van der Waals surface area contributed by atoms with Gasteiger partial charge >= 0.3 is 0 Å². The van der Waals surface area contributed by atoms with Gasteiger partial charge < -0.3 is 5.32 Å². The fourth-order valence-corrected chi connectivity index (χ4v) is 3.27. The second-order valence-corrected chi connectivity index (χ2v) is 6.28. The van der Waals surface area contributed by atoms with Crippen molar-refractivity contribution < 1.29 is 0 Å². The van der Waals surface area contributed by atoms with E-state index in [4.69, 9.17) is 0 Å². The van der Waals surface area contributed by atoms with Gasteiger partial charge in [0.05, 0.1) is 6.20 Å². The second kappa shape index (κ2) is 6.37. The van der Waals surface area contributed by atoms with Gasteiger partial charge in [-0.1, -0.05) is 26.7 Å². The number of aromatic amines is 1. The summed E-state index contributed by atoms with van der Waals surface area (Å²) in [5.41, 5.74) is 1.26. The topological polar surface area (TPSA) is 40.7 Å². The number of nitrogens with one attached hydrogen (secondary N) is 2. The van der Waals surface area contributed by atoms with Gasteiger partial charge in [-0.3, -0.25) is 5.10 Å². The SMILES string of the molecule is CC(C)CC1CCCC(NC(C)c2cn[nH]c2)C1. The van der Waals surface area contributed by atoms with Crippen LogP contribution in [0, 0.1) is 11.8 Å².